The van der Waals surface area contributed by atoms with Gasteiger partial charge in [-0.3, -0.25) is 9.67 Å². The van der Waals surface area contributed by atoms with Crippen molar-refractivity contribution < 1.29 is 4.74 Å². The van der Waals surface area contributed by atoms with Crippen LogP contribution in [0.2, 0.25) is 0 Å². The average Bonchev–Trinajstić information content (AvgIpc) is 2.98. The smallest absolute Gasteiger partial charge is 0.191 e. The number of ether oxygens (including phenoxy) is 1. The molecule has 25 heavy (non-hydrogen) atoms. The first-order valence-electron chi connectivity index (χ1n) is 8.38. The minimum absolute atomic E-state index is 0. The number of nitrogens with one attached hydrogen (secondary N) is 2. The molecule has 0 fully saturated rings. The highest BCUT2D eigenvalue weighted by atomic mass is 127. The predicted molar refractivity (Wildman–Crippen MR) is 113 cm³/mol. The summed E-state index contributed by atoms with van der Waals surface area (Å²) < 4.78 is 7.61. The van der Waals surface area contributed by atoms with Crippen LogP contribution in [-0.2, 0) is 6.54 Å². The van der Waals surface area contributed by atoms with Crippen molar-refractivity contribution in [2.24, 2.45) is 4.99 Å². The number of rotatable bonds is 8. The average molecular weight is 457 g/mol. The van der Waals surface area contributed by atoms with Crippen LogP contribution < -0.4 is 15.4 Å². The van der Waals surface area contributed by atoms with Crippen LogP contribution in [0.3, 0.4) is 0 Å². The molecule has 0 aliphatic heterocycles. The van der Waals surface area contributed by atoms with E-state index in [1.165, 1.54) is 5.56 Å². The van der Waals surface area contributed by atoms with Crippen LogP contribution in [0.15, 0.2) is 41.7 Å². The second-order valence-electron chi connectivity index (χ2n) is 5.63. The third kappa shape index (κ3) is 8.24. The van der Waals surface area contributed by atoms with Gasteiger partial charge in [-0.05, 0) is 38.5 Å². The van der Waals surface area contributed by atoms with Crippen molar-refractivity contribution in [3.63, 3.8) is 0 Å². The van der Waals surface area contributed by atoms with E-state index < -0.39 is 0 Å². The van der Waals surface area contributed by atoms with Crippen LogP contribution >= 0.6 is 24.0 Å². The quantitative estimate of drug-likeness (QED) is 0.277. The lowest BCUT2D eigenvalue weighted by Crippen LogP contribution is -2.39. The Morgan fingerprint density at radius 1 is 1.16 bits per heavy atom. The fourth-order valence-corrected chi connectivity index (χ4v) is 2.17. The van der Waals surface area contributed by atoms with E-state index in [9.17, 15) is 0 Å². The molecule has 0 spiro atoms. The van der Waals surface area contributed by atoms with E-state index in [1.807, 2.05) is 48.3 Å². The van der Waals surface area contributed by atoms with Gasteiger partial charge in [0, 0.05) is 12.7 Å². The lowest BCUT2D eigenvalue weighted by molar-refractivity contribution is 0.322. The number of hydrogen-bond acceptors (Lipinski definition) is 3. The maximum absolute atomic E-state index is 5.71. The van der Waals surface area contributed by atoms with Gasteiger partial charge >= 0.3 is 0 Å². The molecule has 138 valence electrons. The molecule has 6 nitrogen and oxygen atoms in total. The first kappa shape index (κ1) is 21.3. The lowest BCUT2D eigenvalue weighted by Gasteiger charge is -2.12. The summed E-state index contributed by atoms with van der Waals surface area (Å²) in [5.74, 6) is 1.69. The van der Waals surface area contributed by atoms with Crippen molar-refractivity contribution in [2.75, 3.05) is 26.2 Å². The Kier molecular flexibility index (Phi) is 9.98. The van der Waals surface area contributed by atoms with Crippen molar-refractivity contribution in [2.45, 2.75) is 27.3 Å². The zero-order valence-electron chi connectivity index (χ0n) is 15.2. The zero-order chi connectivity index (χ0) is 17.2. The standard InChI is InChI=1S/C18H27N5O.HI/c1-4-19-18(20-9-11-23-14-16(3)13-22-23)21-10-12-24-17-7-5-15(2)6-8-17;/h5-8,13-14H,4,9-12H2,1-3H3,(H2,19,20,21);1H. The SMILES string of the molecule is CCNC(=NCCn1cc(C)cn1)NCCOc1ccc(C)cc1.I. The largest absolute Gasteiger partial charge is 0.492 e. The number of hydrogen-bond donors (Lipinski definition) is 2. The van der Waals surface area contributed by atoms with Crippen LogP contribution in [0.5, 0.6) is 5.75 Å². The highest BCUT2D eigenvalue weighted by Crippen LogP contribution is 2.10. The molecular weight excluding hydrogens is 429 g/mol. The molecular formula is C18H28IN5O. The minimum atomic E-state index is 0. The number of aromatic nitrogens is 2. The van der Waals surface area contributed by atoms with E-state index in [4.69, 9.17) is 4.74 Å². The fraction of sp³-hybridized carbons (Fsp3) is 0.444. The van der Waals surface area contributed by atoms with E-state index in [0.717, 1.165) is 30.4 Å². The van der Waals surface area contributed by atoms with Crippen molar-refractivity contribution in [3.05, 3.63) is 47.8 Å². The van der Waals surface area contributed by atoms with Crippen LogP contribution in [0.1, 0.15) is 18.1 Å². The molecule has 0 aliphatic rings. The third-order valence-electron chi connectivity index (χ3n) is 3.39. The van der Waals surface area contributed by atoms with Crippen molar-refractivity contribution >= 4 is 29.9 Å². The lowest BCUT2D eigenvalue weighted by atomic mass is 10.2. The van der Waals surface area contributed by atoms with Gasteiger partial charge in [-0.25, -0.2) is 0 Å². The fourth-order valence-electron chi connectivity index (χ4n) is 2.17. The molecule has 7 heteroatoms. The van der Waals surface area contributed by atoms with Gasteiger partial charge in [0.25, 0.3) is 0 Å². The van der Waals surface area contributed by atoms with Gasteiger partial charge in [0.1, 0.15) is 12.4 Å². The van der Waals surface area contributed by atoms with Gasteiger partial charge in [-0.1, -0.05) is 17.7 Å². The highest BCUT2D eigenvalue weighted by molar-refractivity contribution is 14.0. The van der Waals surface area contributed by atoms with Crippen LogP contribution in [0, 0.1) is 13.8 Å². The Hall–Kier alpha value is -1.77. The van der Waals surface area contributed by atoms with Gasteiger partial charge < -0.3 is 15.4 Å². The maximum Gasteiger partial charge on any atom is 0.191 e. The highest BCUT2D eigenvalue weighted by Gasteiger charge is 1.98. The number of aliphatic imine (C=N–C) groups is 1. The topological polar surface area (TPSA) is 63.5 Å². The van der Waals surface area contributed by atoms with Crippen molar-refractivity contribution in [1.82, 2.24) is 20.4 Å². The van der Waals surface area contributed by atoms with E-state index >= 15 is 0 Å². The Morgan fingerprint density at radius 3 is 2.56 bits per heavy atom. The summed E-state index contributed by atoms with van der Waals surface area (Å²) in [5.41, 5.74) is 2.40. The first-order chi connectivity index (χ1) is 11.7. The van der Waals surface area contributed by atoms with Crippen LogP contribution in [-0.4, -0.2) is 42.0 Å². The molecule has 0 atom stereocenters. The summed E-state index contributed by atoms with van der Waals surface area (Å²) in [6, 6.07) is 8.07. The molecule has 0 aliphatic carbocycles. The second-order valence-corrected chi connectivity index (χ2v) is 5.63. The molecule has 2 N–H and O–H groups in total. The van der Waals surface area contributed by atoms with Gasteiger partial charge in [0.15, 0.2) is 5.96 Å². The normalized spacial score (nSPS) is 10.9. The predicted octanol–water partition coefficient (Wildman–Crippen LogP) is 2.75. The van der Waals surface area contributed by atoms with Gasteiger partial charge in [0.2, 0.25) is 0 Å². The van der Waals surface area contributed by atoms with Gasteiger partial charge in [0.05, 0.1) is 25.8 Å². The van der Waals surface area contributed by atoms with Gasteiger partial charge in [-0.2, -0.15) is 5.10 Å². The summed E-state index contributed by atoms with van der Waals surface area (Å²) in [7, 11) is 0. The number of aryl methyl sites for hydroxylation is 2. The summed E-state index contributed by atoms with van der Waals surface area (Å²) >= 11 is 0. The monoisotopic (exact) mass is 457 g/mol. The number of benzene rings is 1. The summed E-state index contributed by atoms with van der Waals surface area (Å²) in [6.07, 6.45) is 3.88. The molecule has 2 aromatic rings. The first-order valence-corrected chi connectivity index (χ1v) is 8.38. The Morgan fingerprint density at radius 2 is 1.92 bits per heavy atom. The number of guanidine groups is 1. The summed E-state index contributed by atoms with van der Waals surface area (Å²) in [5, 5.41) is 10.8. The van der Waals surface area contributed by atoms with E-state index in [0.29, 0.717) is 19.7 Å². The molecule has 0 bridgehead atoms. The summed E-state index contributed by atoms with van der Waals surface area (Å²) in [6.45, 7) is 9.70. The molecule has 0 amide bonds. The van der Waals surface area contributed by atoms with Crippen molar-refractivity contribution in [3.8, 4) is 5.75 Å². The molecule has 2 rings (SSSR count). The zero-order valence-corrected chi connectivity index (χ0v) is 17.5. The number of nitrogens with zero attached hydrogens (tertiary/aromatic N) is 3. The van der Waals surface area contributed by atoms with Crippen LogP contribution in [0.25, 0.3) is 0 Å². The molecule has 1 heterocycles. The maximum atomic E-state index is 5.71. The molecule has 1 aromatic heterocycles. The van der Waals surface area contributed by atoms with E-state index in [1.54, 1.807) is 0 Å². The molecule has 0 saturated carbocycles. The molecule has 0 unspecified atom stereocenters. The Labute approximate surface area is 167 Å². The van der Waals surface area contributed by atoms with Gasteiger partial charge in [-0.15, -0.1) is 24.0 Å². The van der Waals surface area contributed by atoms with Crippen molar-refractivity contribution in [1.29, 1.82) is 0 Å². The number of halogens is 1. The molecule has 1 aromatic carbocycles. The molecule has 0 radical (unpaired) electrons. The molecule has 0 saturated heterocycles. The third-order valence-corrected chi connectivity index (χ3v) is 3.39. The Balaban J connectivity index is 0.00000312. The second kappa shape index (κ2) is 11.7. The minimum Gasteiger partial charge on any atom is -0.492 e. The van der Waals surface area contributed by atoms with E-state index in [-0.39, 0.29) is 24.0 Å². The van der Waals surface area contributed by atoms with Crippen LogP contribution in [0.4, 0.5) is 0 Å². The summed E-state index contributed by atoms with van der Waals surface area (Å²) in [4.78, 5) is 4.55. The Bertz CT molecular complexity index is 639. The van der Waals surface area contributed by atoms with E-state index in [2.05, 4.69) is 34.6 Å².